The zero-order chi connectivity index (χ0) is 14.4. The van der Waals surface area contributed by atoms with Gasteiger partial charge in [-0.25, -0.2) is 0 Å². The smallest absolute Gasteiger partial charge is 0.0473 e. The van der Waals surface area contributed by atoms with Crippen LogP contribution in [-0.2, 0) is 0 Å². The Morgan fingerprint density at radius 1 is 1.11 bits per heavy atom. The molecule has 1 aromatic carbocycles. The number of nitrogens with zero attached hydrogens (tertiary/aromatic N) is 2. The lowest BCUT2D eigenvalue weighted by atomic mass is 10.0. The van der Waals surface area contributed by atoms with Crippen LogP contribution in [0.3, 0.4) is 0 Å². The zero-order valence-electron chi connectivity index (χ0n) is 13.1. The standard InChI is InChI=1S/C16H29N3/c1-6-11-19(13(2)3)16(12-17)14-7-9-15(10-8-14)18(4)5/h7-10,13,16H,6,11-12,17H2,1-5H3. The van der Waals surface area contributed by atoms with E-state index in [1.54, 1.807) is 0 Å². The van der Waals surface area contributed by atoms with Crippen LogP contribution in [0, 0.1) is 0 Å². The molecule has 2 N–H and O–H groups in total. The average Bonchev–Trinajstić information content (AvgIpc) is 2.39. The molecule has 0 bridgehead atoms. The minimum Gasteiger partial charge on any atom is -0.378 e. The molecule has 0 aliphatic carbocycles. The summed E-state index contributed by atoms with van der Waals surface area (Å²) in [7, 11) is 4.12. The van der Waals surface area contributed by atoms with Gasteiger partial charge in [0.1, 0.15) is 0 Å². The van der Waals surface area contributed by atoms with Crippen molar-refractivity contribution in [1.29, 1.82) is 0 Å². The summed E-state index contributed by atoms with van der Waals surface area (Å²) in [5.41, 5.74) is 8.56. The Balaban J connectivity index is 2.94. The fourth-order valence-electron chi connectivity index (χ4n) is 2.49. The first-order valence-corrected chi connectivity index (χ1v) is 7.24. The van der Waals surface area contributed by atoms with Gasteiger partial charge >= 0.3 is 0 Å². The molecule has 0 amide bonds. The first-order valence-electron chi connectivity index (χ1n) is 7.24. The van der Waals surface area contributed by atoms with Crippen molar-refractivity contribution >= 4 is 5.69 Å². The highest BCUT2D eigenvalue weighted by atomic mass is 15.2. The van der Waals surface area contributed by atoms with E-state index < -0.39 is 0 Å². The van der Waals surface area contributed by atoms with E-state index in [9.17, 15) is 0 Å². The third kappa shape index (κ3) is 4.22. The molecule has 1 unspecified atom stereocenters. The molecule has 0 heterocycles. The summed E-state index contributed by atoms with van der Waals surface area (Å²) in [6.07, 6.45) is 1.16. The van der Waals surface area contributed by atoms with Gasteiger partial charge in [-0.15, -0.1) is 0 Å². The number of nitrogens with two attached hydrogens (primary N) is 1. The molecule has 0 spiro atoms. The van der Waals surface area contributed by atoms with Crippen molar-refractivity contribution in [3.63, 3.8) is 0 Å². The van der Waals surface area contributed by atoms with Crippen molar-refractivity contribution in [3.05, 3.63) is 29.8 Å². The molecule has 1 rings (SSSR count). The molecule has 19 heavy (non-hydrogen) atoms. The SMILES string of the molecule is CCCN(C(C)C)C(CN)c1ccc(N(C)C)cc1. The second kappa shape index (κ2) is 7.51. The second-order valence-electron chi connectivity index (χ2n) is 5.57. The van der Waals surface area contributed by atoms with E-state index in [0.29, 0.717) is 18.6 Å². The predicted octanol–water partition coefficient (Wildman–Crippen LogP) is 2.87. The molecule has 0 aromatic heterocycles. The van der Waals surface area contributed by atoms with Crippen LogP contribution in [0.2, 0.25) is 0 Å². The quantitative estimate of drug-likeness (QED) is 0.821. The maximum absolute atomic E-state index is 6.02. The molecule has 3 heteroatoms. The largest absolute Gasteiger partial charge is 0.378 e. The van der Waals surface area contributed by atoms with Gasteiger partial charge < -0.3 is 10.6 Å². The first kappa shape index (κ1) is 16.0. The Bertz CT molecular complexity index is 357. The van der Waals surface area contributed by atoms with E-state index >= 15 is 0 Å². The molecule has 0 aliphatic rings. The van der Waals surface area contributed by atoms with Crippen molar-refractivity contribution in [2.45, 2.75) is 39.3 Å². The normalized spacial score (nSPS) is 13.1. The maximum Gasteiger partial charge on any atom is 0.0473 e. The number of hydrogen-bond acceptors (Lipinski definition) is 3. The van der Waals surface area contributed by atoms with Gasteiger partial charge in [-0.3, -0.25) is 4.90 Å². The molecule has 0 aliphatic heterocycles. The van der Waals surface area contributed by atoms with Crippen molar-refractivity contribution in [3.8, 4) is 0 Å². The number of anilines is 1. The summed E-state index contributed by atoms with van der Waals surface area (Å²) in [5, 5.41) is 0. The van der Waals surface area contributed by atoms with Gasteiger partial charge in [0.05, 0.1) is 0 Å². The van der Waals surface area contributed by atoms with Gasteiger partial charge in [-0.1, -0.05) is 19.1 Å². The lowest BCUT2D eigenvalue weighted by molar-refractivity contribution is 0.157. The van der Waals surface area contributed by atoms with Crippen molar-refractivity contribution in [2.24, 2.45) is 5.73 Å². The summed E-state index contributed by atoms with van der Waals surface area (Å²) < 4.78 is 0. The Morgan fingerprint density at radius 3 is 2.05 bits per heavy atom. The minimum absolute atomic E-state index is 0.316. The van der Waals surface area contributed by atoms with E-state index in [4.69, 9.17) is 5.73 Å². The summed E-state index contributed by atoms with van der Waals surface area (Å²) >= 11 is 0. The molecule has 0 radical (unpaired) electrons. The van der Waals surface area contributed by atoms with E-state index in [2.05, 4.69) is 68.9 Å². The fourth-order valence-corrected chi connectivity index (χ4v) is 2.49. The highest BCUT2D eigenvalue weighted by Crippen LogP contribution is 2.24. The van der Waals surface area contributed by atoms with E-state index in [-0.39, 0.29) is 0 Å². The van der Waals surface area contributed by atoms with Crippen LogP contribution in [0.15, 0.2) is 24.3 Å². The van der Waals surface area contributed by atoms with Crippen molar-refractivity contribution in [2.75, 3.05) is 32.1 Å². The van der Waals surface area contributed by atoms with Crippen molar-refractivity contribution < 1.29 is 0 Å². The minimum atomic E-state index is 0.316. The summed E-state index contributed by atoms with van der Waals surface area (Å²) in [6.45, 7) is 8.46. The number of rotatable bonds is 7. The molecule has 1 atom stereocenters. The second-order valence-corrected chi connectivity index (χ2v) is 5.57. The average molecular weight is 263 g/mol. The van der Waals surface area contributed by atoms with Crippen LogP contribution in [0.5, 0.6) is 0 Å². The van der Waals surface area contributed by atoms with Crippen LogP contribution in [0.25, 0.3) is 0 Å². The zero-order valence-corrected chi connectivity index (χ0v) is 13.1. The number of hydrogen-bond donors (Lipinski definition) is 1. The Morgan fingerprint density at radius 2 is 1.68 bits per heavy atom. The fraction of sp³-hybridized carbons (Fsp3) is 0.625. The monoisotopic (exact) mass is 263 g/mol. The third-order valence-electron chi connectivity index (χ3n) is 3.56. The van der Waals surface area contributed by atoms with E-state index in [0.717, 1.165) is 13.0 Å². The Labute approximate surface area is 118 Å². The molecule has 0 saturated heterocycles. The molecule has 1 aromatic rings. The van der Waals surface area contributed by atoms with Crippen LogP contribution in [0.4, 0.5) is 5.69 Å². The van der Waals surface area contributed by atoms with Crippen LogP contribution < -0.4 is 10.6 Å². The van der Waals surface area contributed by atoms with Gasteiger partial charge in [0.25, 0.3) is 0 Å². The maximum atomic E-state index is 6.02. The van der Waals surface area contributed by atoms with Crippen molar-refractivity contribution in [1.82, 2.24) is 4.90 Å². The van der Waals surface area contributed by atoms with Crippen LogP contribution >= 0.6 is 0 Å². The summed E-state index contributed by atoms with van der Waals surface area (Å²) in [6, 6.07) is 9.58. The molecule has 108 valence electrons. The van der Waals surface area contributed by atoms with E-state index in [1.807, 2.05) is 0 Å². The summed E-state index contributed by atoms with van der Waals surface area (Å²) in [5.74, 6) is 0. The van der Waals surface area contributed by atoms with Gasteiger partial charge in [0, 0.05) is 38.4 Å². The lowest BCUT2D eigenvalue weighted by Gasteiger charge is -2.34. The van der Waals surface area contributed by atoms with Gasteiger partial charge in [0.2, 0.25) is 0 Å². The Hall–Kier alpha value is -1.06. The topological polar surface area (TPSA) is 32.5 Å². The lowest BCUT2D eigenvalue weighted by Crippen LogP contribution is -2.39. The van der Waals surface area contributed by atoms with Gasteiger partial charge in [-0.2, -0.15) is 0 Å². The highest BCUT2D eigenvalue weighted by molar-refractivity contribution is 5.46. The Kier molecular flexibility index (Phi) is 6.32. The summed E-state index contributed by atoms with van der Waals surface area (Å²) in [4.78, 5) is 4.61. The molecular formula is C16H29N3. The first-order chi connectivity index (χ1) is 9.01. The molecule has 0 fully saturated rings. The molecule has 0 saturated carbocycles. The van der Waals surface area contributed by atoms with Gasteiger partial charge in [0.15, 0.2) is 0 Å². The van der Waals surface area contributed by atoms with Crippen LogP contribution in [0.1, 0.15) is 38.8 Å². The highest BCUT2D eigenvalue weighted by Gasteiger charge is 2.20. The number of benzene rings is 1. The molecular weight excluding hydrogens is 234 g/mol. The van der Waals surface area contributed by atoms with Gasteiger partial charge in [-0.05, 0) is 44.5 Å². The van der Waals surface area contributed by atoms with E-state index in [1.165, 1.54) is 11.3 Å². The predicted molar refractivity (Wildman–Crippen MR) is 84.7 cm³/mol. The third-order valence-corrected chi connectivity index (χ3v) is 3.56. The molecule has 3 nitrogen and oxygen atoms in total. The van der Waals surface area contributed by atoms with Crippen LogP contribution in [-0.4, -0.2) is 38.1 Å².